The van der Waals surface area contributed by atoms with Crippen LogP contribution in [0, 0.1) is 6.92 Å². The fourth-order valence-corrected chi connectivity index (χ4v) is 2.13. The molecule has 0 aliphatic rings. The second kappa shape index (κ2) is 7.43. The zero-order chi connectivity index (χ0) is 14.4. The van der Waals surface area contributed by atoms with E-state index in [1.165, 1.54) is 7.11 Å². The normalized spacial score (nSPS) is 10.6. The number of halogens is 3. The van der Waals surface area contributed by atoms with Crippen molar-refractivity contribution in [3.05, 3.63) is 29.3 Å². The van der Waals surface area contributed by atoms with Gasteiger partial charge in [0.1, 0.15) is 5.75 Å². The maximum Gasteiger partial charge on any atom is 0.257 e. The van der Waals surface area contributed by atoms with Gasteiger partial charge in [0, 0.05) is 11.9 Å². The van der Waals surface area contributed by atoms with Crippen molar-refractivity contribution < 1.29 is 18.3 Å². The Morgan fingerprint density at radius 2 is 2.16 bits per heavy atom. The van der Waals surface area contributed by atoms with Crippen molar-refractivity contribution in [2.24, 2.45) is 0 Å². The van der Waals surface area contributed by atoms with Crippen LogP contribution in [0.25, 0.3) is 0 Å². The summed E-state index contributed by atoms with van der Waals surface area (Å²) >= 11 is 3.16. The smallest absolute Gasteiger partial charge is 0.257 e. The van der Waals surface area contributed by atoms with E-state index in [-0.39, 0.29) is 6.54 Å². The number of hydrogen-bond acceptors (Lipinski definition) is 2. The Bertz CT molecular complexity index is 441. The Morgan fingerprint density at radius 3 is 2.68 bits per heavy atom. The molecule has 1 rings (SSSR count). The van der Waals surface area contributed by atoms with Crippen LogP contribution in [0.5, 0.6) is 5.75 Å². The maximum absolute atomic E-state index is 12.5. The molecule has 1 amide bonds. The number of alkyl halides is 3. The lowest BCUT2D eigenvalue weighted by molar-refractivity contribution is 0.0569. The standard InChI is InChI=1S/C13H16BrF2NO2/c1-9-3-4-11(19-2)10(7-9)13(18)17(6-5-14)8-12(15)16/h3-4,7,12H,5-6,8H2,1-2H3. The highest BCUT2D eigenvalue weighted by atomic mass is 79.9. The third kappa shape index (κ3) is 4.45. The lowest BCUT2D eigenvalue weighted by Gasteiger charge is -2.22. The van der Waals surface area contributed by atoms with Gasteiger partial charge in [-0.3, -0.25) is 4.79 Å². The Balaban J connectivity index is 3.04. The first-order chi connectivity index (χ1) is 8.99. The number of ether oxygens (including phenoxy) is 1. The molecule has 1 aromatic carbocycles. The van der Waals surface area contributed by atoms with E-state index in [2.05, 4.69) is 15.9 Å². The lowest BCUT2D eigenvalue weighted by Crippen LogP contribution is -2.36. The van der Waals surface area contributed by atoms with E-state index in [0.29, 0.717) is 16.6 Å². The summed E-state index contributed by atoms with van der Waals surface area (Å²) in [6, 6.07) is 5.11. The average Bonchev–Trinajstić information content (AvgIpc) is 2.37. The molecule has 0 saturated heterocycles. The molecule has 106 valence electrons. The van der Waals surface area contributed by atoms with Crippen molar-refractivity contribution in [3.8, 4) is 5.75 Å². The van der Waals surface area contributed by atoms with Gasteiger partial charge in [-0.25, -0.2) is 8.78 Å². The summed E-state index contributed by atoms with van der Waals surface area (Å²) in [5, 5.41) is 0.444. The second-order valence-corrected chi connectivity index (χ2v) is 4.83. The summed E-state index contributed by atoms with van der Waals surface area (Å²) < 4.78 is 30.1. The molecule has 6 heteroatoms. The van der Waals surface area contributed by atoms with Gasteiger partial charge in [-0.1, -0.05) is 27.6 Å². The Morgan fingerprint density at radius 1 is 1.47 bits per heavy atom. The minimum atomic E-state index is -2.56. The molecule has 0 bridgehead atoms. The Labute approximate surface area is 119 Å². The molecule has 0 aromatic heterocycles. The predicted molar refractivity (Wildman–Crippen MR) is 73.4 cm³/mol. The second-order valence-electron chi connectivity index (χ2n) is 4.03. The predicted octanol–water partition coefficient (Wildman–Crippen LogP) is 3.11. The molecule has 3 nitrogen and oxygen atoms in total. The molecule has 0 heterocycles. The van der Waals surface area contributed by atoms with Crippen molar-refractivity contribution in [3.63, 3.8) is 0 Å². The molecule has 0 saturated carbocycles. The SMILES string of the molecule is COc1ccc(C)cc1C(=O)N(CCBr)CC(F)F. The van der Waals surface area contributed by atoms with Crippen LogP contribution in [0.4, 0.5) is 8.78 Å². The maximum atomic E-state index is 12.5. The molecule has 0 spiro atoms. The molecule has 0 aliphatic heterocycles. The highest BCUT2D eigenvalue weighted by molar-refractivity contribution is 9.09. The number of benzene rings is 1. The zero-order valence-electron chi connectivity index (χ0n) is 10.8. The third-order valence-corrected chi connectivity index (χ3v) is 2.94. The third-order valence-electron chi connectivity index (χ3n) is 2.59. The Hall–Kier alpha value is -1.17. The molecule has 1 aromatic rings. The van der Waals surface area contributed by atoms with E-state index in [4.69, 9.17) is 4.74 Å². The quantitative estimate of drug-likeness (QED) is 0.747. The van der Waals surface area contributed by atoms with E-state index in [9.17, 15) is 13.6 Å². The molecular weight excluding hydrogens is 320 g/mol. The van der Waals surface area contributed by atoms with Crippen LogP contribution < -0.4 is 4.74 Å². The first-order valence-electron chi connectivity index (χ1n) is 5.77. The number of carbonyl (C=O) groups is 1. The fraction of sp³-hybridized carbons (Fsp3) is 0.462. The number of amides is 1. The number of aryl methyl sites for hydroxylation is 1. The van der Waals surface area contributed by atoms with Crippen LogP contribution in [0.1, 0.15) is 15.9 Å². The lowest BCUT2D eigenvalue weighted by atomic mass is 10.1. The van der Waals surface area contributed by atoms with E-state index < -0.39 is 18.9 Å². The van der Waals surface area contributed by atoms with Gasteiger partial charge < -0.3 is 9.64 Å². The molecule has 0 N–H and O–H groups in total. The number of nitrogens with zero attached hydrogens (tertiary/aromatic N) is 1. The van der Waals surface area contributed by atoms with Crippen molar-refractivity contribution in [1.82, 2.24) is 4.90 Å². The van der Waals surface area contributed by atoms with Gasteiger partial charge in [-0.2, -0.15) is 0 Å². The summed E-state index contributed by atoms with van der Waals surface area (Å²) in [6.07, 6.45) is -2.56. The first-order valence-corrected chi connectivity index (χ1v) is 6.89. The number of carbonyl (C=O) groups excluding carboxylic acids is 1. The van der Waals surface area contributed by atoms with Crippen LogP contribution in [0.15, 0.2) is 18.2 Å². The van der Waals surface area contributed by atoms with Crippen LogP contribution in [0.3, 0.4) is 0 Å². The molecule has 0 radical (unpaired) electrons. The minimum absolute atomic E-state index is 0.222. The van der Waals surface area contributed by atoms with Crippen molar-refractivity contribution in [2.45, 2.75) is 13.3 Å². The van der Waals surface area contributed by atoms with Crippen LogP contribution in [-0.2, 0) is 0 Å². The number of methoxy groups -OCH3 is 1. The van der Waals surface area contributed by atoms with Gasteiger partial charge in [0.05, 0.1) is 19.2 Å². The number of hydrogen-bond donors (Lipinski definition) is 0. The average molecular weight is 336 g/mol. The summed E-state index contributed by atoms with van der Waals surface area (Å²) in [5.41, 5.74) is 1.18. The van der Waals surface area contributed by atoms with Gasteiger partial charge in [0.2, 0.25) is 0 Å². The molecule has 0 atom stereocenters. The van der Waals surface area contributed by atoms with Gasteiger partial charge in [-0.15, -0.1) is 0 Å². The van der Waals surface area contributed by atoms with Crippen molar-refractivity contribution in [1.29, 1.82) is 0 Å². The highest BCUT2D eigenvalue weighted by Gasteiger charge is 2.22. The van der Waals surface area contributed by atoms with Gasteiger partial charge in [0.15, 0.2) is 0 Å². The summed E-state index contributed by atoms with van der Waals surface area (Å²) in [6.45, 7) is 1.47. The molecule has 0 aliphatic carbocycles. The van der Waals surface area contributed by atoms with E-state index >= 15 is 0 Å². The van der Waals surface area contributed by atoms with E-state index in [1.807, 2.05) is 6.92 Å². The van der Waals surface area contributed by atoms with Gasteiger partial charge >= 0.3 is 0 Å². The summed E-state index contributed by atoms with van der Waals surface area (Å²) in [4.78, 5) is 13.4. The minimum Gasteiger partial charge on any atom is -0.496 e. The monoisotopic (exact) mass is 335 g/mol. The summed E-state index contributed by atoms with van der Waals surface area (Å²) in [7, 11) is 1.45. The van der Waals surface area contributed by atoms with Crippen LogP contribution in [-0.4, -0.2) is 42.8 Å². The van der Waals surface area contributed by atoms with Gasteiger partial charge in [-0.05, 0) is 19.1 Å². The molecule has 19 heavy (non-hydrogen) atoms. The molecular formula is C13H16BrF2NO2. The number of rotatable bonds is 6. The first kappa shape index (κ1) is 15.9. The van der Waals surface area contributed by atoms with Crippen molar-refractivity contribution >= 4 is 21.8 Å². The Kier molecular flexibility index (Phi) is 6.21. The van der Waals surface area contributed by atoms with Crippen molar-refractivity contribution in [2.75, 3.05) is 25.5 Å². The molecule has 0 unspecified atom stereocenters. The molecule has 0 fully saturated rings. The van der Waals surface area contributed by atoms with E-state index in [0.717, 1.165) is 10.5 Å². The summed E-state index contributed by atoms with van der Waals surface area (Å²) in [5.74, 6) is -0.0512. The fourth-order valence-electron chi connectivity index (χ4n) is 1.70. The zero-order valence-corrected chi connectivity index (χ0v) is 12.4. The van der Waals surface area contributed by atoms with Crippen LogP contribution >= 0.6 is 15.9 Å². The van der Waals surface area contributed by atoms with Gasteiger partial charge in [0.25, 0.3) is 12.3 Å². The van der Waals surface area contributed by atoms with E-state index in [1.54, 1.807) is 18.2 Å². The topological polar surface area (TPSA) is 29.5 Å². The highest BCUT2D eigenvalue weighted by Crippen LogP contribution is 2.22. The van der Waals surface area contributed by atoms with Crippen LogP contribution in [0.2, 0.25) is 0 Å². The largest absolute Gasteiger partial charge is 0.496 e.